The van der Waals surface area contributed by atoms with E-state index in [0.717, 1.165) is 30.6 Å². The van der Waals surface area contributed by atoms with Crippen LogP contribution in [-0.4, -0.2) is 27.3 Å². The number of benzene rings is 1. The van der Waals surface area contributed by atoms with Crippen LogP contribution in [0.1, 0.15) is 40.0 Å². The van der Waals surface area contributed by atoms with Crippen LogP contribution in [0.4, 0.5) is 0 Å². The fourth-order valence-corrected chi connectivity index (χ4v) is 3.59. The van der Waals surface area contributed by atoms with Crippen molar-refractivity contribution in [3.63, 3.8) is 0 Å². The average molecular weight is 350 g/mol. The van der Waals surface area contributed by atoms with Crippen LogP contribution in [0.5, 0.6) is 11.5 Å². The standard InChI is InChI=1S/C19H18N4O3/c24-19(21-8-12-5-6-16-17(7-12)26-11-25-16)14-10-22-23-15-4-2-1-3-13(15)9-20-18(14)23/h5-7,9-10H,1-4,8,11H2,(H,21,24). The molecule has 132 valence electrons. The van der Waals surface area contributed by atoms with Crippen molar-refractivity contribution in [2.45, 2.75) is 32.2 Å². The zero-order valence-corrected chi connectivity index (χ0v) is 14.2. The Bertz CT molecular complexity index is 1010. The fourth-order valence-electron chi connectivity index (χ4n) is 3.59. The third kappa shape index (κ3) is 2.47. The zero-order valence-electron chi connectivity index (χ0n) is 14.2. The van der Waals surface area contributed by atoms with Crippen LogP contribution < -0.4 is 14.8 Å². The number of carbonyl (C=O) groups excluding carboxylic acids is 1. The van der Waals surface area contributed by atoms with Crippen LogP contribution in [0.2, 0.25) is 0 Å². The fraction of sp³-hybridized carbons (Fsp3) is 0.316. The maximum atomic E-state index is 12.6. The number of aryl methyl sites for hydroxylation is 2. The molecule has 2 aromatic heterocycles. The van der Waals surface area contributed by atoms with Gasteiger partial charge < -0.3 is 14.8 Å². The molecule has 0 radical (unpaired) electrons. The first kappa shape index (κ1) is 15.2. The number of rotatable bonds is 3. The quantitative estimate of drug-likeness (QED) is 0.784. The van der Waals surface area contributed by atoms with E-state index in [1.807, 2.05) is 28.9 Å². The van der Waals surface area contributed by atoms with Gasteiger partial charge >= 0.3 is 0 Å². The minimum atomic E-state index is -0.180. The van der Waals surface area contributed by atoms with Crippen LogP contribution in [0.15, 0.2) is 30.6 Å². The van der Waals surface area contributed by atoms with E-state index in [2.05, 4.69) is 15.4 Å². The van der Waals surface area contributed by atoms with Crippen molar-refractivity contribution in [2.24, 2.45) is 0 Å². The lowest BCUT2D eigenvalue weighted by Crippen LogP contribution is -2.23. The van der Waals surface area contributed by atoms with Crippen LogP contribution in [0.25, 0.3) is 5.65 Å². The van der Waals surface area contributed by atoms with E-state index in [1.54, 1.807) is 6.20 Å². The van der Waals surface area contributed by atoms with Gasteiger partial charge in [0, 0.05) is 18.4 Å². The number of amides is 1. The van der Waals surface area contributed by atoms with Crippen LogP contribution in [0.3, 0.4) is 0 Å². The predicted octanol–water partition coefficient (Wildman–Crippen LogP) is 2.27. The molecule has 7 nitrogen and oxygen atoms in total. The highest BCUT2D eigenvalue weighted by Crippen LogP contribution is 2.32. The van der Waals surface area contributed by atoms with Crippen molar-refractivity contribution < 1.29 is 14.3 Å². The van der Waals surface area contributed by atoms with Gasteiger partial charge in [-0.25, -0.2) is 9.50 Å². The Morgan fingerprint density at radius 2 is 2.04 bits per heavy atom. The minimum Gasteiger partial charge on any atom is -0.454 e. The second kappa shape index (κ2) is 6.01. The maximum Gasteiger partial charge on any atom is 0.257 e. The summed E-state index contributed by atoms with van der Waals surface area (Å²) in [6, 6.07) is 5.65. The lowest BCUT2D eigenvalue weighted by atomic mass is 9.97. The van der Waals surface area contributed by atoms with Crippen molar-refractivity contribution in [3.05, 3.63) is 53.0 Å². The van der Waals surface area contributed by atoms with E-state index in [-0.39, 0.29) is 12.7 Å². The molecule has 0 atom stereocenters. The topological polar surface area (TPSA) is 77.8 Å². The predicted molar refractivity (Wildman–Crippen MR) is 93.4 cm³/mol. The molecule has 0 spiro atoms. The van der Waals surface area contributed by atoms with Gasteiger partial charge in [-0.3, -0.25) is 4.79 Å². The molecule has 0 bridgehead atoms. The number of nitrogens with one attached hydrogen (secondary N) is 1. The Morgan fingerprint density at radius 1 is 1.15 bits per heavy atom. The second-order valence-corrected chi connectivity index (χ2v) is 6.60. The van der Waals surface area contributed by atoms with Crippen molar-refractivity contribution in [1.82, 2.24) is 19.9 Å². The molecule has 1 aliphatic heterocycles. The lowest BCUT2D eigenvalue weighted by molar-refractivity contribution is 0.0952. The molecule has 3 heterocycles. The van der Waals surface area contributed by atoms with E-state index in [1.165, 1.54) is 17.7 Å². The smallest absolute Gasteiger partial charge is 0.257 e. The number of aromatic nitrogens is 3. The van der Waals surface area contributed by atoms with E-state index in [4.69, 9.17) is 9.47 Å². The van der Waals surface area contributed by atoms with Crippen LogP contribution in [0, 0.1) is 0 Å². The summed E-state index contributed by atoms with van der Waals surface area (Å²) in [5, 5.41) is 7.35. The van der Waals surface area contributed by atoms with Gasteiger partial charge in [-0.05, 0) is 48.9 Å². The van der Waals surface area contributed by atoms with Crippen LogP contribution in [-0.2, 0) is 19.4 Å². The Hall–Kier alpha value is -3.09. The Morgan fingerprint density at radius 3 is 3.00 bits per heavy atom. The number of hydrogen-bond donors (Lipinski definition) is 1. The molecule has 2 aliphatic rings. The van der Waals surface area contributed by atoms with E-state index in [0.29, 0.717) is 23.5 Å². The summed E-state index contributed by atoms with van der Waals surface area (Å²) < 4.78 is 12.5. The highest BCUT2D eigenvalue weighted by atomic mass is 16.7. The van der Waals surface area contributed by atoms with Crippen molar-refractivity contribution in [1.29, 1.82) is 0 Å². The first-order chi connectivity index (χ1) is 12.8. The molecule has 0 saturated carbocycles. The van der Waals surface area contributed by atoms with E-state index < -0.39 is 0 Å². The summed E-state index contributed by atoms with van der Waals surface area (Å²) in [4.78, 5) is 17.1. The molecule has 1 amide bonds. The molecule has 0 saturated heterocycles. The van der Waals surface area contributed by atoms with E-state index >= 15 is 0 Å². The molecule has 1 aromatic carbocycles. The van der Waals surface area contributed by atoms with Crippen molar-refractivity contribution in [3.8, 4) is 11.5 Å². The first-order valence-electron chi connectivity index (χ1n) is 8.81. The van der Waals surface area contributed by atoms with Crippen LogP contribution >= 0.6 is 0 Å². The maximum absolute atomic E-state index is 12.6. The number of fused-ring (bicyclic) bond motifs is 4. The highest BCUT2D eigenvalue weighted by Gasteiger charge is 2.20. The SMILES string of the molecule is O=C(NCc1ccc2c(c1)OCO2)c1cnn2c3c(cnc12)CCCC3. The zero-order chi connectivity index (χ0) is 17.5. The second-order valence-electron chi connectivity index (χ2n) is 6.60. The molecule has 7 heteroatoms. The number of ether oxygens (including phenoxy) is 2. The largest absolute Gasteiger partial charge is 0.454 e. The lowest BCUT2D eigenvalue weighted by Gasteiger charge is -2.15. The third-order valence-corrected chi connectivity index (χ3v) is 4.96. The molecule has 5 rings (SSSR count). The molecule has 1 N–H and O–H groups in total. The van der Waals surface area contributed by atoms with Gasteiger partial charge in [0.2, 0.25) is 6.79 Å². The van der Waals surface area contributed by atoms with Gasteiger partial charge in [0.1, 0.15) is 5.56 Å². The summed E-state index contributed by atoms with van der Waals surface area (Å²) in [5.41, 5.74) is 4.48. The van der Waals surface area contributed by atoms with E-state index in [9.17, 15) is 4.79 Å². The molecule has 1 aliphatic carbocycles. The third-order valence-electron chi connectivity index (χ3n) is 4.96. The number of nitrogens with zero attached hydrogens (tertiary/aromatic N) is 3. The Balaban J connectivity index is 1.37. The molecule has 26 heavy (non-hydrogen) atoms. The van der Waals surface area contributed by atoms with Gasteiger partial charge in [0.05, 0.1) is 6.20 Å². The van der Waals surface area contributed by atoms with Gasteiger partial charge in [0.15, 0.2) is 17.1 Å². The Kier molecular flexibility index (Phi) is 3.51. The van der Waals surface area contributed by atoms with Gasteiger partial charge in [-0.2, -0.15) is 5.10 Å². The Labute approximate surface area is 149 Å². The van der Waals surface area contributed by atoms with Gasteiger partial charge in [0.25, 0.3) is 5.91 Å². The summed E-state index contributed by atoms with van der Waals surface area (Å²) in [5.74, 6) is 1.26. The molecular formula is C19H18N4O3. The molecule has 3 aromatic rings. The number of hydrogen-bond acceptors (Lipinski definition) is 5. The molecule has 0 fully saturated rings. The monoisotopic (exact) mass is 350 g/mol. The highest BCUT2D eigenvalue weighted by molar-refractivity contribution is 5.99. The summed E-state index contributed by atoms with van der Waals surface area (Å²) in [7, 11) is 0. The number of carbonyl (C=O) groups is 1. The molecule has 0 unspecified atom stereocenters. The summed E-state index contributed by atoms with van der Waals surface area (Å²) >= 11 is 0. The van der Waals surface area contributed by atoms with Crippen molar-refractivity contribution >= 4 is 11.6 Å². The summed E-state index contributed by atoms with van der Waals surface area (Å²) in [6.45, 7) is 0.640. The van der Waals surface area contributed by atoms with Crippen molar-refractivity contribution in [2.75, 3.05) is 6.79 Å². The first-order valence-corrected chi connectivity index (χ1v) is 8.81. The van der Waals surface area contributed by atoms with Gasteiger partial charge in [-0.15, -0.1) is 0 Å². The average Bonchev–Trinajstić information content (AvgIpc) is 3.32. The molecular weight excluding hydrogens is 332 g/mol. The minimum absolute atomic E-state index is 0.180. The van der Waals surface area contributed by atoms with Gasteiger partial charge in [-0.1, -0.05) is 6.07 Å². The normalized spacial score (nSPS) is 15.1. The summed E-state index contributed by atoms with van der Waals surface area (Å²) in [6.07, 6.45) is 7.84.